The summed E-state index contributed by atoms with van der Waals surface area (Å²) in [6.45, 7) is 1.67. The molecule has 1 atom stereocenters. The zero-order valence-electron chi connectivity index (χ0n) is 16.1. The van der Waals surface area contributed by atoms with Crippen molar-refractivity contribution in [1.29, 1.82) is 0 Å². The molecule has 0 spiro atoms. The molecule has 0 unspecified atom stereocenters. The first-order valence-corrected chi connectivity index (χ1v) is 10.9. The molecular formula is C19H20Cl2N2O6S. The standard InChI is InChI=1S/C19H20Cl2N2O6S/c1-11-9-16(29-2)17(10-14(11)21)30(27,28)23-15(19(25)26)7-8-18(24)22-13-5-3-12(20)4-6-13/h3-6,9-10,15,23H,7-8H2,1-2H3,(H,22,24)(H,25,26)/t15-/m0/s1. The van der Waals surface area contributed by atoms with Crippen LogP contribution in [0.2, 0.25) is 10.0 Å². The van der Waals surface area contributed by atoms with Crippen LogP contribution in [0.3, 0.4) is 0 Å². The molecule has 8 nitrogen and oxygen atoms in total. The number of ether oxygens (including phenoxy) is 1. The maximum Gasteiger partial charge on any atom is 0.321 e. The second-order valence-corrected chi connectivity index (χ2v) is 8.88. The molecular weight excluding hydrogens is 455 g/mol. The minimum Gasteiger partial charge on any atom is -0.495 e. The second-order valence-electron chi connectivity index (χ2n) is 6.36. The molecule has 0 aliphatic carbocycles. The van der Waals surface area contributed by atoms with E-state index in [1.165, 1.54) is 19.2 Å². The predicted molar refractivity (Wildman–Crippen MR) is 114 cm³/mol. The zero-order valence-corrected chi connectivity index (χ0v) is 18.4. The molecule has 0 heterocycles. The summed E-state index contributed by atoms with van der Waals surface area (Å²) in [4.78, 5) is 23.4. The minimum absolute atomic E-state index is 0.0222. The molecule has 0 aliphatic heterocycles. The molecule has 3 N–H and O–H groups in total. The lowest BCUT2D eigenvalue weighted by Gasteiger charge is -2.17. The van der Waals surface area contributed by atoms with Gasteiger partial charge in [0.25, 0.3) is 0 Å². The van der Waals surface area contributed by atoms with Crippen molar-refractivity contribution in [2.75, 3.05) is 12.4 Å². The first-order chi connectivity index (χ1) is 14.0. The summed E-state index contributed by atoms with van der Waals surface area (Å²) >= 11 is 11.8. The fourth-order valence-corrected chi connectivity index (χ4v) is 4.28. The summed E-state index contributed by atoms with van der Waals surface area (Å²) in [5.41, 5.74) is 1.08. The van der Waals surface area contributed by atoms with Gasteiger partial charge >= 0.3 is 5.97 Å². The van der Waals surface area contributed by atoms with Crippen LogP contribution in [0.15, 0.2) is 41.3 Å². The highest BCUT2D eigenvalue weighted by atomic mass is 35.5. The molecule has 162 valence electrons. The Bertz CT molecular complexity index is 1040. The Hall–Kier alpha value is -2.33. The van der Waals surface area contributed by atoms with Crippen LogP contribution >= 0.6 is 23.2 Å². The highest BCUT2D eigenvalue weighted by molar-refractivity contribution is 7.89. The first-order valence-electron chi connectivity index (χ1n) is 8.68. The van der Waals surface area contributed by atoms with Gasteiger partial charge in [-0.05, 0) is 55.3 Å². The molecule has 30 heavy (non-hydrogen) atoms. The lowest BCUT2D eigenvalue weighted by Crippen LogP contribution is -2.41. The number of amides is 1. The third-order valence-corrected chi connectivity index (χ3v) is 6.27. The van der Waals surface area contributed by atoms with E-state index in [-0.39, 0.29) is 28.5 Å². The van der Waals surface area contributed by atoms with Crippen LogP contribution in [-0.4, -0.2) is 38.6 Å². The number of hydrogen-bond donors (Lipinski definition) is 3. The Morgan fingerprint density at radius 2 is 1.80 bits per heavy atom. The summed E-state index contributed by atoms with van der Waals surface area (Å²) in [7, 11) is -3.00. The number of carbonyl (C=O) groups is 2. The van der Waals surface area contributed by atoms with Gasteiger partial charge in [0.2, 0.25) is 15.9 Å². The molecule has 0 fully saturated rings. The molecule has 11 heteroatoms. The predicted octanol–water partition coefficient (Wildman–Crippen LogP) is 3.46. The number of hydrogen-bond acceptors (Lipinski definition) is 5. The smallest absolute Gasteiger partial charge is 0.321 e. The summed E-state index contributed by atoms with van der Waals surface area (Å²) < 4.78 is 32.6. The molecule has 2 aromatic rings. The van der Waals surface area contributed by atoms with Crippen molar-refractivity contribution in [2.45, 2.75) is 30.7 Å². The van der Waals surface area contributed by atoms with Crippen LogP contribution in [0, 0.1) is 6.92 Å². The number of nitrogens with one attached hydrogen (secondary N) is 2. The fraction of sp³-hybridized carbons (Fsp3) is 0.263. The van der Waals surface area contributed by atoms with Gasteiger partial charge in [0, 0.05) is 22.2 Å². The van der Waals surface area contributed by atoms with Crippen molar-refractivity contribution in [3.05, 3.63) is 52.0 Å². The number of rotatable bonds is 9. The first kappa shape index (κ1) is 23.9. The largest absolute Gasteiger partial charge is 0.495 e. The fourth-order valence-electron chi connectivity index (χ4n) is 2.52. The molecule has 0 bridgehead atoms. The van der Waals surface area contributed by atoms with Crippen LogP contribution in [0.25, 0.3) is 0 Å². The molecule has 0 saturated carbocycles. The zero-order chi connectivity index (χ0) is 22.5. The maximum atomic E-state index is 12.7. The molecule has 2 rings (SSSR count). The van der Waals surface area contributed by atoms with Gasteiger partial charge in [0.05, 0.1) is 7.11 Å². The van der Waals surface area contributed by atoms with Crippen LogP contribution in [0.1, 0.15) is 18.4 Å². The lowest BCUT2D eigenvalue weighted by molar-refractivity contribution is -0.139. The number of carboxylic acid groups (broad SMARTS) is 1. The number of halogens is 2. The number of sulfonamides is 1. The number of anilines is 1. The van der Waals surface area contributed by atoms with Gasteiger partial charge in [-0.25, -0.2) is 8.42 Å². The van der Waals surface area contributed by atoms with E-state index >= 15 is 0 Å². The quantitative estimate of drug-likeness (QED) is 0.511. The second kappa shape index (κ2) is 10.1. The maximum absolute atomic E-state index is 12.7. The molecule has 2 aromatic carbocycles. The summed E-state index contributed by atoms with van der Waals surface area (Å²) in [5, 5.41) is 12.7. The van der Waals surface area contributed by atoms with E-state index in [4.69, 9.17) is 27.9 Å². The average Bonchev–Trinajstić information content (AvgIpc) is 2.68. The van der Waals surface area contributed by atoms with Gasteiger partial charge in [0.15, 0.2) is 0 Å². The van der Waals surface area contributed by atoms with Crippen LogP contribution in [-0.2, 0) is 19.6 Å². The van der Waals surface area contributed by atoms with Crippen molar-refractivity contribution in [1.82, 2.24) is 4.72 Å². The van der Waals surface area contributed by atoms with E-state index in [1.807, 2.05) is 0 Å². The van der Waals surface area contributed by atoms with Gasteiger partial charge in [0.1, 0.15) is 16.7 Å². The van der Waals surface area contributed by atoms with Crippen LogP contribution in [0.4, 0.5) is 5.69 Å². The highest BCUT2D eigenvalue weighted by Crippen LogP contribution is 2.30. The summed E-state index contributed by atoms with van der Waals surface area (Å²) in [6, 6.07) is 7.44. The van der Waals surface area contributed by atoms with E-state index in [0.717, 1.165) is 0 Å². The summed E-state index contributed by atoms with van der Waals surface area (Å²) in [5.74, 6) is -1.87. The molecule has 0 saturated heterocycles. The highest BCUT2D eigenvalue weighted by Gasteiger charge is 2.28. The van der Waals surface area contributed by atoms with Gasteiger partial charge in [-0.1, -0.05) is 23.2 Å². The van der Waals surface area contributed by atoms with Crippen molar-refractivity contribution >= 4 is 50.8 Å². The summed E-state index contributed by atoms with van der Waals surface area (Å²) in [6.07, 6.45) is -0.496. The van der Waals surface area contributed by atoms with Gasteiger partial charge in [-0.15, -0.1) is 0 Å². The topological polar surface area (TPSA) is 122 Å². The Kier molecular flexibility index (Phi) is 8.08. The van der Waals surface area contributed by atoms with Gasteiger partial charge in [-0.3, -0.25) is 9.59 Å². The van der Waals surface area contributed by atoms with Crippen LogP contribution in [0.5, 0.6) is 5.75 Å². The van der Waals surface area contributed by atoms with Crippen LogP contribution < -0.4 is 14.8 Å². The minimum atomic E-state index is -4.28. The third-order valence-electron chi connectivity index (χ3n) is 4.12. The van der Waals surface area contributed by atoms with Crippen molar-refractivity contribution < 1.29 is 27.9 Å². The van der Waals surface area contributed by atoms with Crippen molar-refractivity contribution in [3.63, 3.8) is 0 Å². The number of methoxy groups -OCH3 is 1. The number of benzene rings is 2. The number of carbonyl (C=O) groups excluding carboxylic acids is 1. The molecule has 0 aliphatic rings. The van der Waals surface area contributed by atoms with Gasteiger partial charge in [-0.2, -0.15) is 4.72 Å². The molecule has 0 aromatic heterocycles. The normalized spacial score (nSPS) is 12.3. The number of aryl methyl sites for hydroxylation is 1. The third kappa shape index (κ3) is 6.33. The van der Waals surface area contributed by atoms with E-state index < -0.39 is 27.9 Å². The van der Waals surface area contributed by atoms with E-state index in [0.29, 0.717) is 16.3 Å². The molecule has 1 amide bonds. The Labute approximate surface area is 184 Å². The van der Waals surface area contributed by atoms with E-state index in [9.17, 15) is 23.1 Å². The Balaban J connectivity index is 2.11. The average molecular weight is 475 g/mol. The van der Waals surface area contributed by atoms with E-state index in [2.05, 4.69) is 10.0 Å². The van der Waals surface area contributed by atoms with Gasteiger partial charge < -0.3 is 15.2 Å². The Morgan fingerprint density at radius 3 is 2.37 bits per heavy atom. The Morgan fingerprint density at radius 1 is 1.17 bits per heavy atom. The van der Waals surface area contributed by atoms with Crippen molar-refractivity contribution in [3.8, 4) is 5.75 Å². The number of aliphatic carboxylic acids is 1. The van der Waals surface area contributed by atoms with E-state index in [1.54, 1.807) is 31.2 Å². The monoisotopic (exact) mass is 474 g/mol. The van der Waals surface area contributed by atoms with Crippen molar-refractivity contribution in [2.24, 2.45) is 0 Å². The number of carboxylic acids is 1. The lowest BCUT2D eigenvalue weighted by atomic mass is 10.1. The SMILES string of the molecule is COc1cc(C)c(Cl)cc1S(=O)(=O)N[C@@H](CCC(=O)Nc1ccc(Cl)cc1)C(=O)O. The molecule has 0 radical (unpaired) electrons.